The first-order valence-corrected chi connectivity index (χ1v) is 4.62. The Morgan fingerprint density at radius 2 is 1.91 bits per heavy atom. The van der Waals surface area contributed by atoms with E-state index in [4.69, 9.17) is 0 Å². The van der Waals surface area contributed by atoms with Gasteiger partial charge in [0.15, 0.2) is 0 Å². The van der Waals surface area contributed by atoms with E-state index in [1.54, 1.807) is 0 Å². The van der Waals surface area contributed by atoms with E-state index in [0.717, 1.165) is 24.7 Å². The number of nitrogens with zero attached hydrogens (tertiary/aromatic N) is 1. The van der Waals surface area contributed by atoms with E-state index in [1.165, 1.54) is 19.5 Å². The summed E-state index contributed by atoms with van der Waals surface area (Å²) in [7, 11) is 2.19. The summed E-state index contributed by atoms with van der Waals surface area (Å²) in [5, 5.41) is 9.42. The average Bonchev–Trinajstić information content (AvgIpc) is 2.27. The largest absolute Gasteiger partial charge is 0.393 e. The number of aliphatic hydroxyl groups is 1. The van der Waals surface area contributed by atoms with Gasteiger partial charge in [0.05, 0.1) is 6.10 Å². The third-order valence-electron chi connectivity index (χ3n) is 3.20. The number of hydrogen-bond donors (Lipinski definition) is 1. The number of fused-ring (bicyclic) bond motifs is 1. The van der Waals surface area contributed by atoms with Gasteiger partial charge in [0.1, 0.15) is 0 Å². The van der Waals surface area contributed by atoms with Crippen molar-refractivity contribution in [3.63, 3.8) is 0 Å². The fraction of sp³-hybridized carbons (Fsp3) is 1.00. The van der Waals surface area contributed by atoms with Crippen LogP contribution in [0.1, 0.15) is 19.3 Å². The van der Waals surface area contributed by atoms with Crippen molar-refractivity contribution in [2.45, 2.75) is 25.4 Å². The Morgan fingerprint density at radius 1 is 1.18 bits per heavy atom. The van der Waals surface area contributed by atoms with Gasteiger partial charge in [-0.25, -0.2) is 0 Å². The highest BCUT2D eigenvalue weighted by Crippen LogP contribution is 2.35. The third kappa shape index (κ3) is 1.42. The number of likely N-dealkylation sites (tertiary alicyclic amines) is 1. The van der Waals surface area contributed by atoms with E-state index in [2.05, 4.69) is 11.9 Å². The Bertz CT molecular complexity index is 148. The van der Waals surface area contributed by atoms with E-state index in [0.29, 0.717) is 0 Å². The number of hydrogen-bond acceptors (Lipinski definition) is 2. The molecule has 0 bridgehead atoms. The molecule has 1 aliphatic heterocycles. The van der Waals surface area contributed by atoms with Crippen molar-refractivity contribution in [2.75, 3.05) is 20.1 Å². The lowest BCUT2D eigenvalue weighted by Gasteiger charge is -2.27. The summed E-state index contributed by atoms with van der Waals surface area (Å²) in [5.41, 5.74) is 0. The van der Waals surface area contributed by atoms with Crippen LogP contribution in [-0.2, 0) is 0 Å². The van der Waals surface area contributed by atoms with Crippen LogP contribution in [0.15, 0.2) is 0 Å². The smallest absolute Gasteiger partial charge is 0.0543 e. The summed E-state index contributed by atoms with van der Waals surface area (Å²) in [4.78, 5) is 2.40. The zero-order valence-electron chi connectivity index (χ0n) is 7.16. The summed E-state index contributed by atoms with van der Waals surface area (Å²) < 4.78 is 0. The molecule has 1 saturated carbocycles. The standard InChI is InChI=1S/C9H17NO/c1-10-5-7-2-3-9(11)4-8(7)6-10/h7-9,11H,2-6H2,1H3/t7-,8+,9+/m0/s1. The van der Waals surface area contributed by atoms with E-state index >= 15 is 0 Å². The molecular formula is C9H17NO. The fourth-order valence-electron chi connectivity index (χ4n) is 2.64. The highest BCUT2D eigenvalue weighted by Gasteiger charge is 2.35. The molecule has 1 heterocycles. The molecule has 2 fully saturated rings. The van der Waals surface area contributed by atoms with Gasteiger partial charge in [0.25, 0.3) is 0 Å². The summed E-state index contributed by atoms with van der Waals surface area (Å²) in [6.45, 7) is 2.47. The normalized spacial score (nSPS) is 45.8. The van der Waals surface area contributed by atoms with Crippen molar-refractivity contribution in [3.05, 3.63) is 0 Å². The van der Waals surface area contributed by atoms with E-state index in [-0.39, 0.29) is 6.10 Å². The summed E-state index contributed by atoms with van der Waals surface area (Å²) in [6, 6.07) is 0. The molecule has 11 heavy (non-hydrogen) atoms. The molecule has 0 radical (unpaired) electrons. The van der Waals surface area contributed by atoms with Crippen molar-refractivity contribution in [1.29, 1.82) is 0 Å². The molecule has 2 aliphatic rings. The van der Waals surface area contributed by atoms with E-state index < -0.39 is 0 Å². The van der Waals surface area contributed by atoms with Crippen LogP contribution in [0.5, 0.6) is 0 Å². The quantitative estimate of drug-likeness (QED) is 0.557. The first-order chi connectivity index (χ1) is 5.25. The number of aliphatic hydroxyl groups excluding tert-OH is 1. The molecule has 64 valence electrons. The van der Waals surface area contributed by atoms with Gasteiger partial charge in [0, 0.05) is 13.1 Å². The van der Waals surface area contributed by atoms with Gasteiger partial charge in [-0.3, -0.25) is 0 Å². The summed E-state index contributed by atoms with van der Waals surface area (Å²) >= 11 is 0. The SMILES string of the molecule is CN1C[C@H]2C[C@H](O)CC[C@H]2C1. The third-order valence-corrected chi connectivity index (χ3v) is 3.20. The fourth-order valence-corrected chi connectivity index (χ4v) is 2.64. The molecule has 1 N–H and O–H groups in total. The molecule has 0 unspecified atom stereocenters. The molecule has 0 aromatic heterocycles. The van der Waals surface area contributed by atoms with Crippen LogP contribution in [0, 0.1) is 11.8 Å². The van der Waals surface area contributed by atoms with Crippen LogP contribution < -0.4 is 0 Å². The topological polar surface area (TPSA) is 23.5 Å². The van der Waals surface area contributed by atoms with Gasteiger partial charge in [-0.05, 0) is 38.1 Å². The minimum atomic E-state index is 0.00255. The van der Waals surface area contributed by atoms with Crippen LogP contribution in [0.25, 0.3) is 0 Å². The van der Waals surface area contributed by atoms with E-state index in [9.17, 15) is 5.11 Å². The molecule has 0 spiro atoms. The second-order valence-electron chi connectivity index (χ2n) is 4.21. The number of rotatable bonds is 0. The summed E-state index contributed by atoms with van der Waals surface area (Å²) in [5.74, 6) is 1.69. The molecule has 0 aromatic rings. The molecule has 2 heteroatoms. The molecule has 0 amide bonds. The highest BCUT2D eigenvalue weighted by molar-refractivity contribution is 4.87. The van der Waals surface area contributed by atoms with Gasteiger partial charge >= 0.3 is 0 Å². The Morgan fingerprint density at radius 3 is 2.73 bits per heavy atom. The van der Waals surface area contributed by atoms with Gasteiger partial charge in [-0.15, -0.1) is 0 Å². The Labute approximate surface area is 68.2 Å². The highest BCUT2D eigenvalue weighted by atomic mass is 16.3. The molecule has 3 atom stereocenters. The first kappa shape index (κ1) is 7.56. The maximum Gasteiger partial charge on any atom is 0.0543 e. The van der Waals surface area contributed by atoms with Crippen LogP contribution in [0.2, 0.25) is 0 Å². The summed E-state index contributed by atoms with van der Waals surface area (Å²) in [6.07, 6.45) is 3.34. The Kier molecular flexibility index (Phi) is 1.90. The molecule has 2 rings (SSSR count). The van der Waals surface area contributed by atoms with Crippen LogP contribution in [0.4, 0.5) is 0 Å². The van der Waals surface area contributed by atoms with Crippen molar-refractivity contribution in [3.8, 4) is 0 Å². The molecule has 1 saturated heterocycles. The van der Waals surface area contributed by atoms with Gasteiger partial charge in [-0.1, -0.05) is 0 Å². The first-order valence-electron chi connectivity index (χ1n) is 4.62. The van der Waals surface area contributed by atoms with Gasteiger partial charge < -0.3 is 10.0 Å². The van der Waals surface area contributed by atoms with E-state index in [1.807, 2.05) is 0 Å². The van der Waals surface area contributed by atoms with Gasteiger partial charge in [0.2, 0.25) is 0 Å². The second-order valence-corrected chi connectivity index (χ2v) is 4.21. The molecule has 1 aliphatic carbocycles. The predicted molar refractivity (Wildman–Crippen MR) is 44.3 cm³/mol. The minimum Gasteiger partial charge on any atom is -0.393 e. The lowest BCUT2D eigenvalue weighted by atomic mass is 9.80. The zero-order chi connectivity index (χ0) is 7.84. The Balaban J connectivity index is 1.97. The second kappa shape index (κ2) is 2.76. The monoisotopic (exact) mass is 155 g/mol. The maximum atomic E-state index is 9.42. The lowest BCUT2D eigenvalue weighted by Crippen LogP contribution is -2.26. The molecule has 0 aromatic carbocycles. The van der Waals surface area contributed by atoms with Crippen LogP contribution in [-0.4, -0.2) is 36.2 Å². The van der Waals surface area contributed by atoms with Crippen molar-refractivity contribution in [2.24, 2.45) is 11.8 Å². The minimum absolute atomic E-state index is 0.00255. The Hall–Kier alpha value is -0.0800. The maximum absolute atomic E-state index is 9.42. The van der Waals surface area contributed by atoms with Crippen molar-refractivity contribution >= 4 is 0 Å². The van der Waals surface area contributed by atoms with Crippen molar-refractivity contribution in [1.82, 2.24) is 4.90 Å². The van der Waals surface area contributed by atoms with Crippen LogP contribution in [0.3, 0.4) is 0 Å². The predicted octanol–water partition coefficient (Wildman–Crippen LogP) is 0.709. The average molecular weight is 155 g/mol. The lowest BCUT2D eigenvalue weighted by molar-refractivity contribution is 0.0866. The molecular weight excluding hydrogens is 138 g/mol. The van der Waals surface area contributed by atoms with Crippen molar-refractivity contribution < 1.29 is 5.11 Å². The van der Waals surface area contributed by atoms with Crippen LogP contribution >= 0.6 is 0 Å². The molecule has 2 nitrogen and oxygen atoms in total. The zero-order valence-corrected chi connectivity index (χ0v) is 7.16. The van der Waals surface area contributed by atoms with Gasteiger partial charge in [-0.2, -0.15) is 0 Å².